The molecule has 3 heteroatoms. The minimum atomic E-state index is -2.08. The smallest absolute Gasteiger partial charge is 0.221 e. The second kappa shape index (κ2) is 6.29. The molecule has 1 aromatic rings. The standard InChI is InChI=1S/C17H23FO2/c1-6-11-8-12(7-2)10-13(9-11)15(19)14(18)16(20)17(3,4)5/h8-10,14H,6-7H2,1-5H3. The summed E-state index contributed by atoms with van der Waals surface area (Å²) in [7, 11) is 0. The Morgan fingerprint density at radius 3 is 1.85 bits per heavy atom. The Labute approximate surface area is 120 Å². The van der Waals surface area contributed by atoms with Crippen molar-refractivity contribution in [3.8, 4) is 0 Å². The number of benzene rings is 1. The molecule has 1 unspecified atom stereocenters. The van der Waals surface area contributed by atoms with Gasteiger partial charge in [0.2, 0.25) is 12.0 Å². The van der Waals surface area contributed by atoms with E-state index in [-0.39, 0.29) is 0 Å². The van der Waals surface area contributed by atoms with Crippen molar-refractivity contribution in [3.05, 3.63) is 34.9 Å². The van der Waals surface area contributed by atoms with Crippen LogP contribution in [-0.2, 0) is 17.6 Å². The van der Waals surface area contributed by atoms with Crippen molar-refractivity contribution < 1.29 is 14.0 Å². The maximum Gasteiger partial charge on any atom is 0.221 e. The number of carbonyl (C=O) groups excluding carboxylic acids is 2. The van der Waals surface area contributed by atoms with Gasteiger partial charge in [-0.1, -0.05) is 40.7 Å². The van der Waals surface area contributed by atoms with E-state index in [1.54, 1.807) is 32.9 Å². The summed E-state index contributed by atoms with van der Waals surface area (Å²) in [6.45, 7) is 8.83. The molecule has 2 nitrogen and oxygen atoms in total. The van der Waals surface area contributed by atoms with Crippen molar-refractivity contribution in [2.24, 2.45) is 5.41 Å². The maximum atomic E-state index is 14.1. The molecule has 1 aromatic carbocycles. The largest absolute Gasteiger partial charge is 0.295 e. The summed E-state index contributed by atoms with van der Waals surface area (Å²) < 4.78 is 14.1. The first-order chi connectivity index (χ1) is 9.20. The molecule has 0 amide bonds. The van der Waals surface area contributed by atoms with Gasteiger partial charge in [-0.2, -0.15) is 0 Å². The summed E-state index contributed by atoms with van der Waals surface area (Å²) in [5.41, 5.74) is 1.42. The van der Waals surface area contributed by atoms with E-state index in [0.29, 0.717) is 5.56 Å². The second-order valence-corrected chi connectivity index (χ2v) is 6.09. The quantitative estimate of drug-likeness (QED) is 0.603. The first-order valence-electron chi connectivity index (χ1n) is 7.06. The Kier molecular flexibility index (Phi) is 5.21. The van der Waals surface area contributed by atoms with Crippen LogP contribution in [0.2, 0.25) is 0 Å². The minimum Gasteiger partial charge on any atom is -0.295 e. The third-order valence-electron chi connectivity index (χ3n) is 3.35. The predicted molar refractivity (Wildman–Crippen MR) is 78.9 cm³/mol. The molecule has 0 heterocycles. The van der Waals surface area contributed by atoms with Gasteiger partial charge in [-0.3, -0.25) is 9.59 Å². The number of Topliss-reactive ketones (excluding diaryl/α,β-unsaturated/α-hetero) is 2. The highest BCUT2D eigenvalue weighted by molar-refractivity contribution is 6.14. The van der Waals surface area contributed by atoms with Gasteiger partial charge in [0.05, 0.1) is 0 Å². The highest BCUT2D eigenvalue weighted by Gasteiger charge is 2.35. The summed E-state index contributed by atoms with van der Waals surface area (Å²) in [5.74, 6) is -1.39. The summed E-state index contributed by atoms with van der Waals surface area (Å²) in [6.07, 6.45) is -0.525. The fourth-order valence-electron chi connectivity index (χ4n) is 1.96. The predicted octanol–water partition coefficient (Wildman–Crippen LogP) is 3.95. The van der Waals surface area contributed by atoms with Gasteiger partial charge in [0.15, 0.2) is 5.78 Å². The summed E-state index contributed by atoms with van der Waals surface area (Å²) >= 11 is 0. The maximum absolute atomic E-state index is 14.1. The van der Waals surface area contributed by atoms with Crippen molar-refractivity contribution in [2.45, 2.75) is 53.6 Å². The lowest BCUT2D eigenvalue weighted by molar-refractivity contribution is -0.129. The average molecular weight is 278 g/mol. The fraction of sp³-hybridized carbons (Fsp3) is 0.529. The minimum absolute atomic E-state index is 0.298. The molecule has 0 aromatic heterocycles. The molecule has 0 aliphatic carbocycles. The van der Waals surface area contributed by atoms with Crippen LogP contribution in [-0.4, -0.2) is 17.7 Å². The molecule has 0 saturated carbocycles. The molecule has 110 valence electrons. The average Bonchev–Trinajstić information content (AvgIpc) is 2.43. The van der Waals surface area contributed by atoms with Crippen LogP contribution < -0.4 is 0 Å². The van der Waals surface area contributed by atoms with Crippen molar-refractivity contribution in [1.82, 2.24) is 0 Å². The first kappa shape index (κ1) is 16.5. The topological polar surface area (TPSA) is 34.1 Å². The van der Waals surface area contributed by atoms with Crippen molar-refractivity contribution in [3.63, 3.8) is 0 Å². The molecule has 0 bridgehead atoms. The summed E-state index contributed by atoms with van der Waals surface area (Å²) in [6, 6.07) is 5.38. The van der Waals surface area contributed by atoms with E-state index in [9.17, 15) is 14.0 Å². The number of hydrogen-bond donors (Lipinski definition) is 0. The van der Waals surface area contributed by atoms with Crippen LogP contribution in [0.25, 0.3) is 0 Å². The van der Waals surface area contributed by atoms with Crippen molar-refractivity contribution in [1.29, 1.82) is 0 Å². The molecule has 1 rings (SSSR count). The normalized spacial score (nSPS) is 13.1. The van der Waals surface area contributed by atoms with Gasteiger partial charge in [-0.05, 0) is 36.1 Å². The lowest BCUT2D eigenvalue weighted by Crippen LogP contribution is -2.35. The van der Waals surface area contributed by atoms with Crippen LogP contribution in [0.4, 0.5) is 4.39 Å². The van der Waals surface area contributed by atoms with E-state index in [1.165, 1.54) is 0 Å². The van der Waals surface area contributed by atoms with Crippen LogP contribution >= 0.6 is 0 Å². The zero-order valence-corrected chi connectivity index (χ0v) is 12.9. The van der Waals surface area contributed by atoms with Gasteiger partial charge in [-0.15, -0.1) is 0 Å². The Hall–Kier alpha value is -1.51. The monoisotopic (exact) mass is 278 g/mol. The van der Waals surface area contributed by atoms with E-state index < -0.39 is 23.2 Å². The van der Waals surface area contributed by atoms with Crippen LogP contribution in [0.15, 0.2) is 18.2 Å². The molecular weight excluding hydrogens is 255 g/mol. The summed E-state index contributed by atoms with van der Waals surface area (Å²) in [4.78, 5) is 24.1. The van der Waals surface area contributed by atoms with Crippen LogP contribution in [0.3, 0.4) is 0 Å². The number of aryl methyl sites for hydroxylation is 2. The number of carbonyl (C=O) groups is 2. The van der Waals surface area contributed by atoms with E-state index >= 15 is 0 Å². The number of alkyl halides is 1. The Morgan fingerprint density at radius 2 is 1.50 bits per heavy atom. The van der Waals surface area contributed by atoms with Crippen LogP contribution in [0.5, 0.6) is 0 Å². The summed E-state index contributed by atoms with van der Waals surface area (Å²) in [5, 5.41) is 0. The molecule has 0 aliphatic heterocycles. The number of ketones is 2. The molecule has 0 saturated heterocycles. The first-order valence-corrected chi connectivity index (χ1v) is 7.06. The molecule has 0 N–H and O–H groups in total. The van der Waals surface area contributed by atoms with Crippen LogP contribution in [0, 0.1) is 5.41 Å². The SMILES string of the molecule is CCc1cc(CC)cc(C(=O)C(F)C(=O)C(C)(C)C)c1. The lowest BCUT2D eigenvalue weighted by atomic mass is 9.85. The highest BCUT2D eigenvalue weighted by Crippen LogP contribution is 2.22. The van der Waals surface area contributed by atoms with Crippen molar-refractivity contribution >= 4 is 11.6 Å². The third kappa shape index (κ3) is 3.75. The number of halogens is 1. The molecule has 1 atom stereocenters. The van der Waals surface area contributed by atoms with Gasteiger partial charge in [0, 0.05) is 11.0 Å². The third-order valence-corrected chi connectivity index (χ3v) is 3.35. The molecule has 0 fully saturated rings. The van der Waals surface area contributed by atoms with Gasteiger partial charge in [-0.25, -0.2) is 4.39 Å². The Balaban J connectivity index is 3.11. The van der Waals surface area contributed by atoms with Crippen molar-refractivity contribution in [2.75, 3.05) is 0 Å². The Bertz CT molecular complexity index is 490. The number of hydrogen-bond acceptors (Lipinski definition) is 2. The zero-order chi connectivity index (χ0) is 15.5. The van der Waals surface area contributed by atoms with Gasteiger partial charge < -0.3 is 0 Å². The molecule has 0 spiro atoms. The van der Waals surface area contributed by atoms with Crippen LogP contribution in [0.1, 0.15) is 56.1 Å². The van der Waals surface area contributed by atoms with Gasteiger partial charge >= 0.3 is 0 Å². The molecule has 20 heavy (non-hydrogen) atoms. The molecular formula is C17H23FO2. The van der Waals surface area contributed by atoms with E-state index in [2.05, 4.69) is 0 Å². The highest BCUT2D eigenvalue weighted by atomic mass is 19.1. The molecule has 0 radical (unpaired) electrons. The van der Waals surface area contributed by atoms with Gasteiger partial charge in [0.25, 0.3) is 0 Å². The van der Waals surface area contributed by atoms with E-state index in [4.69, 9.17) is 0 Å². The zero-order valence-electron chi connectivity index (χ0n) is 12.9. The fourth-order valence-corrected chi connectivity index (χ4v) is 1.96. The lowest BCUT2D eigenvalue weighted by Gasteiger charge is -2.19. The second-order valence-electron chi connectivity index (χ2n) is 6.09. The molecule has 0 aliphatic rings. The van der Waals surface area contributed by atoms with Gasteiger partial charge in [0.1, 0.15) is 0 Å². The van der Waals surface area contributed by atoms with E-state index in [0.717, 1.165) is 24.0 Å². The Morgan fingerprint density at radius 1 is 1.05 bits per heavy atom. The van der Waals surface area contributed by atoms with E-state index in [1.807, 2.05) is 19.9 Å². The number of rotatable bonds is 5.